The highest BCUT2D eigenvalue weighted by atomic mass is 16.4. The van der Waals surface area contributed by atoms with E-state index in [0.29, 0.717) is 18.8 Å². The lowest BCUT2D eigenvalue weighted by molar-refractivity contribution is -0.146. The minimum Gasteiger partial charge on any atom is -0.481 e. The van der Waals surface area contributed by atoms with Crippen molar-refractivity contribution in [3.63, 3.8) is 0 Å². The third-order valence-corrected chi connectivity index (χ3v) is 4.57. The van der Waals surface area contributed by atoms with Gasteiger partial charge in [0, 0.05) is 12.6 Å². The number of hydrogen-bond donors (Lipinski definition) is 2. The summed E-state index contributed by atoms with van der Waals surface area (Å²) in [4.78, 5) is 25.9. The van der Waals surface area contributed by atoms with Crippen molar-refractivity contribution in [2.75, 3.05) is 19.6 Å². The molecule has 1 amide bonds. The summed E-state index contributed by atoms with van der Waals surface area (Å²) in [7, 11) is 0. The fraction of sp³-hybridized carbons (Fsp3) is 0.867. The van der Waals surface area contributed by atoms with Crippen molar-refractivity contribution < 1.29 is 14.7 Å². The minimum absolute atomic E-state index is 0.0755. The predicted molar refractivity (Wildman–Crippen MR) is 76.3 cm³/mol. The average Bonchev–Trinajstić information content (AvgIpc) is 2.97. The van der Waals surface area contributed by atoms with Crippen LogP contribution in [0.5, 0.6) is 0 Å². The Kier molecular flexibility index (Phi) is 5.02. The van der Waals surface area contributed by atoms with Crippen LogP contribution in [0.3, 0.4) is 0 Å². The summed E-state index contributed by atoms with van der Waals surface area (Å²) in [6.45, 7) is 7.11. The first-order chi connectivity index (χ1) is 9.47. The van der Waals surface area contributed by atoms with Gasteiger partial charge in [-0.15, -0.1) is 0 Å². The van der Waals surface area contributed by atoms with Crippen molar-refractivity contribution in [3.8, 4) is 0 Å². The van der Waals surface area contributed by atoms with E-state index in [0.717, 1.165) is 19.6 Å². The first-order valence-electron chi connectivity index (χ1n) is 7.73. The van der Waals surface area contributed by atoms with E-state index in [1.165, 1.54) is 12.8 Å². The number of carbonyl (C=O) groups is 2. The Morgan fingerprint density at radius 2 is 1.85 bits per heavy atom. The van der Waals surface area contributed by atoms with Crippen molar-refractivity contribution in [1.82, 2.24) is 10.2 Å². The van der Waals surface area contributed by atoms with Gasteiger partial charge in [-0.2, -0.15) is 0 Å². The number of nitrogens with zero attached hydrogens (tertiary/aromatic N) is 1. The number of carboxylic acids is 1. The van der Waals surface area contributed by atoms with Crippen molar-refractivity contribution in [2.45, 2.75) is 45.6 Å². The quantitative estimate of drug-likeness (QED) is 0.798. The van der Waals surface area contributed by atoms with Crippen molar-refractivity contribution in [2.24, 2.45) is 17.8 Å². The van der Waals surface area contributed by atoms with Crippen LogP contribution in [0.4, 0.5) is 0 Å². The number of likely N-dealkylation sites (tertiary alicyclic amines) is 1. The maximum Gasteiger partial charge on any atom is 0.307 e. The predicted octanol–water partition coefficient (Wildman–Crippen LogP) is 1.33. The number of rotatable bonds is 5. The van der Waals surface area contributed by atoms with Crippen LogP contribution in [0.2, 0.25) is 0 Å². The molecule has 0 radical (unpaired) electrons. The molecule has 0 aromatic carbocycles. The lowest BCUT2D eigenvalue weighted by Gasteiger charge is -2.23. The molecule has 0 aromatic rings. The van der Waals surface area contributed by atoms with Crippen LogP contribution in [-0.4, -0.2) is 47.6 Å². The van der Waals surface area contributed by atoms with Crippen LogP contribution in [0, 0.1) is 17.8 Å². The van der Waals surface area contributed by atoms with Gasteiger partial charge in [-0.1, -0.05) is 6.92 Å². The van der Waals surface area contributed by atoms with E-state index in [1.807, 2.05) is 13.8 Å². The van der Waals surface area contributed by atoms with Gasteiger partial charge in [0.2, 0.25) is 5.91 Å². The molecule has 0 aromatic heterocycles. The smallest absolute Gasteiger partial charge is 0.307 e. The zero-order valence-electron chi connectivity index (χ0n) is 12.5. The van der Waals surface area contributed by atoms with E-state index in [2.05, 4.69) is 10.2 Å². The van der Waals surface area contributed by atoms with Crippen molar-refractivity contribution in [1.29, 1.82) is 0 Å². The molecule has 1 aliphatic heterocycles. The summed E-state index contributed by atoms with van der Waals surface area (Å²) in [5.74, 6) is -1.46. The fourth-order valence-corrected chi connectivity index (χ4v) is 3.60. The van der Waals surface area contributed by atoms with Gasteiger partial charge in [-0.25, -0.2) is 0 Å². The summed E-state index contributed by atoms with van der Waals surface area (Å²) in [6.07, 6.45) is 3.79. The molecule has 1 saturated heterocycles. The van der Waals surface area contributed by atoms with E-state index < -0.39 is 11.9 Å². The molecule has 1 saturated carbocycles. The van der Waals surface area contributed by atoms with Crippen molar-refractivity contribution in [3.05, 3.63) is 0 Å². The molecule has 114 valence electrons. The molecule has 2 N–H and O–H groups in total. The standard InChI is InChI=1S/C15H26N2O3/c1-10-7-12(13(8-10)15(19)20)14(18)16-11(2)9-17-5-3-4-6-17/h10-13H,3-9H2,1-2H3,(H,16,18)(H,19,20). The van der Waals surface area contributed by atoms with Crippen LogP contribution in [0.25, 0.3) is 0 Å². The lowest BCUT2D eigenvalue weighted by Crippen LogP contribution is -2.44. The Hall–Kier alpha value is -1.10. The summed E-state index contributed by atoms with van der Waals surface area (Å²) >= 11 is 0. The van der Waals surface area contributed by atoms with E-state index in [4.69, 9.17) is 0 Å². The van der Waals surface area contributed by atoms with Crippen LogP contribution in [-0.2, 0) is 9.59 Å². The van der Waals surface area contributed by atoms with Gasteiger partial charge in [-0.05, 0) is 51.6 Å². The Labute approximate surface area is 120 Å². The number of aliphatic carboxylic acids is 1. The SMILES string of the molecule is CC1CC(C(=O)O)C(C(=O)NC(C)CN2CCCC2)C1. The van der Waals surface area contributed by atoms with Gasteiger partial charge in [0.15, 0.2) is 0 Å². The molecule has 2 aliphatic rings. The second-order valence-electron chi connectivity index (χ2n) is 6.55. The summed E-state index contributed by atoms with van der Waals surface area (Å²) in [5.41, 5.74) is 0. The number of hydrogen-bond acceptors (Lipinski definition) is 3. The molecule has 0 bridgehead atoms. The van der Waals surface area contributed by atoms with E-state index in [-0.39, 0.29) is 17.9 Å². The highest BCUT2D eigenvalue weighted by molar-refractivity contribution is 5.85. The normalized spacial score (nSPS) is 32.2. The van der Waals surface area contributed by atoms with Crippen LogP contribution >= 0.6 is 0 Å². The third-order valence-electron chi connectivity index (χ3n) is 4.57. The molecule has 1 aliphatic carbocycles. The third kappa shape index (κ3) is 3.72. The minimum atomic E-state index is -0.832. The van der Waals surface area contributed by atoms with Crippen LogP contribution < -0.4 is 5.32 Å². The summed E-state index contributed by atoms with van der Waals surface area (Å²) < 4.78 is 0. The van der Waals surface area contributed by atoms with Crippen LogP contribution in [0.15, 0.2) is 0 Å². The average molecular weight is 282 g/mol. The number of carboxylic acid groups (broad SMARTS) is 1. The van der Waals surface area contributed by atoms with E-state index >= 15 is 0 Å². The highest BCUT2D eigenvalue weighted by Gasteiger charge is 2.41. The Bertz CT molecular complexity index is 366. The number of nitrogens with one attached hydrogen (secondary N) is 1. The molecule has 1 heterocycles. The largest absolute Gasteiger partial charge is 0.481 e. The van der Waals surface area contributed by atoms with Gasteiger partial charge >= 0.3 is 5.97 Å². The monoisotopic (exact) mass is 282 g/mol. The zero-order chi connectivity index (χ0) is 14.7. The van der Waals surface area contributed by atoms with Crippen LogP contribution in [0.1, 0.15) is 39.5 Å². The molecule has 4 atom stereocenters. The van der Waals surface area contributed by atoms with E-state index in [9.17, 15) is 14.7 Å². The van der Waals surface area contributed by atoms with E-state index in [1.54, 1.807) is 0 Å². The molecule has 5 nitrogen and oxygen atoms in total. The molecular weight excluding hydrogens is 256 g/mol. The second-order valence-corrected chi connectivity index (χ2v) is 6.55. The molecule has 4 unspecified atom stereocenters. The molecule has 5 heteroatoms. The maximum atomic E-state index is 12.3. The maximum absolute atomic E-state index is 12.3. The first-order valence-corrected chi connectivity index (χ1v) is 7.73. The highest BCUT2D eigenvalue weighted by Crippen LogP contribution is 2.36. The molecule has 20 heavy (non-hydrogen) atoms. The number of amides is 1. The second kappa shape index (κ2) is 6.57. The van der Waals surface area contributed by atoms with Gasteiger partial charge in [0.1, 0.15) is 0 Å². The molecule has 2 rings (SSSR count). The summed E-state index contributed by atoms with van der Waals surface area (Å²) in [6, 6.07) is 0.0888. The Balaban J connectivity index is 1.85. The topological polar surface area (TPSA) is 69.6 Å². The van der Waals surface area contributed by atoms with Gasteiger partial charge in [0.05, 0.1) is 11.8 Å². The first kappa shape index (κ1) is 15.3. The Morgan fingerprint density at radius 3 is 2.45 bits per heavy atom. The van der Waals surface area contributed by atoms with Gasteiger partial charge < -0.3 is 15.3 Å². The Morgan fingerprint density at radius 1 is 1.25 bits per heavy atom. The molecular formula is C15H26N2O3. The van der Waals surface area contributed by atoms with Crippen molar-refractivity contribution >= 4 is 11.9 Å². The van der Waals surface area contributed by atoms with Gasteiger partial charge in [0.25, 0.3) is 0 Å². The summed E-state index contributed by atoms with van der Waals surface area (Å²) in [5, 5.41) is 12.2. The lowest BCUT2D eigenvalue weighted by atomic mass is 9.95. The molecule has 2 fully saturated rings. The zero-order valence-corrected chi connectivity index (χ0v) is 12.5. The fourth-order valence-electron chi connectivity index (χ4n) is 3.60. The number of carbonyl (C=O) groups excluding carboxylic acids is 1. The van der Waals surface area contributed by atoms with Gasteiger partial charge in [-0.3, -0.25) is 9.59 Å². The molecule has 0 spiro atoms.